The van der Waals surface area contributed by atoms with Crippen LogP contribution in [0.3, 0.4) is 0 Å². The summed E-state index contributed by atoms with van der Waals surface area (Å²) in [6, 6.07) is 20.8. The topological polar surface area (TPSA) is 78.5 Å². The molecule has 2 amide bonds. The number of nitrogens with zero attached hydrogens (tertiary/aromatic N) is 1. The van der Waals surface area contributed by atoms with Gasteiger partial charge < -0.3 is 10.6 Å². The summed E-state index contributed by atoms with van der Waals surface area (Å²) in [5, 5.41) is 6.19. The van der Waals surface area contributed by atoms with Gasteiger partial charge in [0.15, 0.2) is 5.78 Å². The minimum atomic E-state index is -1.39. The van der Waals surface area contributed by atoms with E-state index in [4.69, 9.17) is 0 Å². The third kappa shape index (κ3) is 2.33. The zero-order valence-corrected chi connectivity index (χ0v) is 20.3. The molecule has 180 valence electrons. The summed E-state index contributed by atoms with van der Waals surface area (Å²) in [5.74, 6) is -1.28. The predicted molar refractivity (Wildman–Crippen MR) is 137 cm³/mol. The van der Waals surface area contributed by atoms with Crippen LogP contribution in [0.1, 0.15) is 45.5 Å². The van der Waals surface area contributed by atoms with Gasteiger partial charge in [0.1, 0.15) is 11.0 Å². The summed E-state index contributed by atoms with van der Waals surface area (Å²) in [5.41, 5.74) is 2.89. The van der Waals surface area contributed by atoms with Gasteiger partial charge in [-0.15, -0.1) is 0 Å². The number of hydrogen-bond donors (Lipinski definition) is 2. The Kier molecular flexibility index (Phi) is 4.26. The molecule has 3 aromatic rings. The maximum absolute atomic E-state index is 14.5. The van der Waals surface area contributed by atoms with E-state index in [1.807, 2.05) is 80.6 Å². The Balaban J connectivity index is 1.59. The van der Waals surface area contributed by atoms with E-state index in [1.54, 1.807) is 0 Å². The maximum Gasteiger partial charge on any atom is 0.251 e. The molecule has 2 N–H and O–H groups in total. The van der Waals surface area contributed by atoms with Gasteiger partial charge in [0, 0.05) is 28.5 Å². The molecule has 0 saturated carbocycles. The molecule has 2 saturated heterocycles. The number of Topliss-reactive ketones (excluding diaryl/α,β-unsaturated/α-hetero) is 1. The number of ketones is 1. The van der Waals surface area contributed by atoms with E-state index in [0.29, 0.717) is 17.8 Å². The highest BCUT2D eigenvalue weighted by atomic mass is 16.2. The first-order valence-corrected chi connectivity index (χ1v) is 12.6. The second kappa shape index (κ2) is 7.14. The summed E-state index contributed by atoms with van der Waals surface area (Å²) in [4.78, 5) is 45.4. The average molecular weight is 478 g/mol. The molecule has 0 aromatic heterocycles. The number of benzene rings is 3. The summed E-state index contributed by atoms with van der Waals surface area (Å²) in [6.07, 6.45) is 1.63. The number of hydrogen-bond acceptors (Lipinski definition) is 4. The maximum atomic E-state index is 14.5. The first-order chi connectivity index (χ1) is 17.4. The lowest BCUT2D eigenvalue weighted by Gasteiger charge is -2.43. The second-order valence-electron chi connectivity index (χ2n) is 10.6. The molecular weight excluding hydrogens is 450 g/mol. The highest BCUT2D eigenvalue weighted by molar-refractivity contribution is 6.21. The Bertz CT molecular complexity index is 1480. The number of carbonyl (C=O) groups is 3. The van der Waals surface area contributed by atoms with E-state index >= 15 is 0 Å². The number of fused-ring (bicyclic) bond motifs is 7. The minimum Gasteiger partial charge on any atom is -0.325 e. The first-order valence-electron chi connectivity index (χ1n) is 12.6. The molecule has 6 nitrogen and oxygen atoms in total. The lowest BCUT2D eigenvalue weighted by molar-refractivity contribution is -0.137. The predicted octanol–water partition coefficient (Wildman–Crippen LogP) is 4.32. The van der Waals surface area contributed by atoms with Gasteiger partial charge in [-0.1, -0.05) is 65.7 Å². The van der Waals surface area contributed by atoms with Crippen LogP contribution in [0.15, 0.2) is 66.7 Å². The molecule has 6 heteroatoms. The van der Waals surface area contributed by atoms with E-state index in [9.17, 15) is 14.4 Å². The third-order valence-corrected chi connectivity index (χ3v) is 8.87. The standard InChI is InChI=1S/C30H27N3O3/c1-17-9-12-19(13-10-17)26(34)25-24-8-5-15-33(24)30(21-16-18(2)11-14-23(21)32-28(30)36)29(25)20-6-3-4-7-22(20)31-27(29)35/h3-4,6-7,9-14,16,24-25H,5,8,15H2,1-2H3,(H,31,35)(H,32,36)/t24-,25-,29-,30+/m0/s1. The molecule has 4 aliphatic heterocycles. The molecular formula is C30H27N3O3. The third-order valence-electron chi connectivity index (χ3n) is 8.87. The summed E-state index contributed by atoms with van der Waals surface area (Å²) >= 11 is 0. The van der Waals surface area contributed by atoms with E-state index in [2.05, 4.69) is 15.5 Å². The summed E-state index contributed by atoms with van der Waals surface area (Å²) < 4.78 is 0. The SMILES string of the molecule is Cc1ccc(C(=O)[C@@H]2[C@@H]3CCCN3[C@]3(C(=O)Nc4ccc(C)cc43)[C@]23C(=O)Nc2ccccc23)cc1. The normalized spacial score (nSPS) is 29.8. The molecule has 4 heterocycles. The molecule has 2 fully saturated rings. The summed E-state index contributed by atoms with van der Waals surface area (Å²) in [7, 11) is 0. The van der Waals surface area contributed by atoms with Crippen LogP contribution >= 0.6 is 0 Å². The van der Waals surface area contributed by atoms with E-state index in [1.165, 1.54) is 0 Å². The molecule has 0 aliphatic carbocycles. The van der Waals surface area contributed by atoms with Crippen molar-refractivity contribution < 1.29 is 14.4 Å². The van der Waals surface area contributed by atoms with Crippen LogP contribution in [0.4, 0.5) is 11.4 Å². The van der Waals surface area contributed by atoms with Crippen molar-refractivity contribution in [2.45, 2.75) is 43.7 Å². The Hall–Kier alpha value is -3.77. The van der Waals surface area contributed by atoms with Gasteiger partial charge in [0.25, 0.3) is 5.91 Å². The second-order valence-corrected chi connectivity index (χ2v) is 10.6. The Morgan fingerprint density at radius 3 is 2.36 bits per heavy atom. The van der Waals surface area contributed by atoms with Gasteiger partial charge in [-0.25, -0.2) is 0 Å². The minimum absolute atomic E-state index is 0.0791. The fourth-order valence-electron chi connectivity index (χ4n) is 7.59. The largest absolute Gasteiger partial charge is 0.325 e. The molecule has 0 unspecified atom stereocenters. The lowest BCUT2D eigenvalue weighted by atomic mass is 9.57. The molecule has 2 spiro atoms. The highest BCUT2D eigenvalue weighted by Crippen LogP contribution is 2.67. The average Bonchev–Trinajstić information content (AvgIpc) is 3.58. The molecule has 4 atom stereocenters. The van der Waals surface area contributed by atoms with Crippen molar-refractivity contribution in [3.63, 3.8) is 0 Å². The van der Waals surface area contributed by atoms with Crippen LogP contribution in [-0.4, -0.2) is 35.1 Å². The number of carbonyl (C=O) groups excluding carboxylic acids is 3. The zero-order chi connectivity index (χ0) is 24.8. The van der Waals surface area contributed by atoms with Crippen molar-refractivity contribution in [2.24, 2.45) is 5.92 Å². The van der Waals surface area contributed by atoms with E-state index in [0.717, 1.165) is 40.8 Å². The van der Waals surface area contributed by atoms with Crippen LogP contribution in [-0.2, 0) is 20.5 Å². The number of rotatable bonds is 2. The van der Waals surface area contributed by atoms with Crippen molar-refractivity contribution in [1.82, 2.24) is 4.90 Å². The van der Waals surface area contributed by atoms with Crippen LogP contribution in [0.5, 0.6) is 0 Å². The van der Waals surface area contributed by atoms with Gasteiger partial charge in [-0.3, -0.25) is 19.3 Å². The number of nitrogens with one attached hydrogen (secondary N) is 2. The fraction of sp³-hybridized carbons (Fsp3) is 0.300. The molecule has 0 radical (unpaired) electrons. The Labute approximate surface area is 209 Å². The Morgan fingerprint density at radius 2 is 1.56 bits per heavy atom. The number of para-hydroxylation sites is 1. The molecule has 0 bridgehead atoms. The van der Waals surface area contributed by atoms with Crippen LogP contribution in [0, 0.1) is 19.8 Å². The number of anilines is 2. The monoisotopic (exact) mass is 477 g/mol. The van der Waals surface area contributed by atoms with Crippen molar-refractivity contribution in [3.05, 3.63) is 94.5 Å². The zero-order valence-electron chi connectivity index (χ0n) is 20.3. The van der Waals surface area contributed by atoms with Crippen molar-refractivity contribution in [3.8, 4) is 0 Å². The van der Waals surface area contributed by atoms with E-state index < -0.39 is 16.9 Å². The van der Waals surface area contributed by atoms with Gasteiger partial charge >= 0.3 is 0 Å². The highest BCUT2D eigenvalue weighted by Gasteiger charge is 2.81. The van der Waals surface area contributed by atoms with Gasteiger partial charge in [-0.05, 0) is 50.9 Å². The summed E-state index contributed by atoms with van der Waals surface area (Å²) in [6.45, 7) is 4.64. The molecule has 3 aromatic carbocycles. The molecule has 36 heavy (non-hydrogen) atoms. The van der Waals surface area contributed by atoms with Crippen molar-refractivity contribution in [2.75, 3.05) is 17.2 Å². The Morgan fingerprint density at radius 1 is 0.861 bits per heavy atom. The van der Waals surface area contributed by atoms with Crippen LogP contribution < -0.4 is 10.6 Å². The first kappa shape index (κ1) is 21.5. The van der Waals surface area contributed by atoms with Gasteiger partial charge in [-0.2, -0.15) is 0 Å². The smallest absolute Gasteiger partial charge is 0.251 e. The number of aryl methyl sites for hydroxylation is 2. The van der Waals surface area contributed by atoms with Crippen LogP contribution in [0.25, 0.3) is 0 Å². The number of amides is 2. The molecule has 4 aliphatic rings. The molecule has 7 rings (SSSR count). The van der Waals surface area contributed by atoms with Crippen molar-refractivity contribution in [1.29, 1.82) is 0 Å². The quantitative estimate of drug-likeness (QED) is 0.539. The van der Waals surface area contributed by atoms with Gasteiger partial charge in [0.2, 0.25) is 5.91 Å². The lowest BCUT2D eigenvalue weighted by Crippen LogP contribution is -2.62. The van der Waals surface area contributed by atoms with Crippen molar-refractivity contribution >= 4 is 29.0 Å². The van der Waals surface area contributed by atoms with E-state index in [-0.39, 0.29) is 23.6 Å². The van der Waals surface area contributed by atoms with Crippen LogP contribution in [0.2, 0.25) is 0 Å². The van der Waals surface area contributed by atoms with Gasteiger partial charge in [0.05, 0.1) is 5.92 Å². The fourth-order valence-corrected chi connectivity index (χ4v) is 7.59.